The number of likely N-dealkylation sites (N-methyl/N-ethyl adjacent to an activating group) is 1. The van der Waals surface area contributed by atoms with Gasteiger partial charge in [0.1, 0.15) is 6.04 Å². The van der Waals surface area contributed by atoms with Crippen molar-refractivity contribution in [3.05, 3.63) is 30.1 Å². The number of rotatable bonds is 3. The summed E-state index contributed by atoms with van der Waals surface area (Å²) in [6, 6.07) is 3.84. The largest absolute Gasteiger partial charge is 0.338 e. The fraction of sp³-hybridized carbons (Fsp3) is 0.714. The molecule has 0 saturated carbocycles. The second-order valence-electron chi connectivity index (χ2n) is 8.64. The predicted molar refractivity (Wildman–Crippen MR) is 106 cm³/mol. The number of carbonyl (C=O) groups is 1. The number of hydrogen-bond acceptors (Lipinski definition) is 5. The summed E-state index contributed by atoms with van der Waals surface area (Å²) >= 11 is 0. The van der Waals surface area contributed by atoms with Gasteiger partial charge < -0.3 is 9.80 Å². The molecule has 0 bridgehead atoms. The summed E-state index contributed by atoms with van der Waals surface area (Å²) in [7, 11) is 4.44. The van der Waals surface area contributed by atoms with E-state index in [1.807, 2.05) is 12.3 Å². The maximum absolute atomic E-state index is 13.7. The molecule has 148 valence electrons. The Kier molecular flexibility index (Phi) is 5.48. The zero-order valence-corrected chi connectivity index (χ0v) is 16.8. The van der Waals surface area contributed by atoms with E-state index in [4.69, 9.17) is 0 Å². The highest BCUT2D eigenvalue weighted by Crippen LogP contribution is 2.34. The molecule has 3 aliphatic heterocycles. The van der Waals surface area contributed by atoms with E-state index in [9.17, 15) is 4.79 Å². The average molecular weight is 372 g/mol. The zero-order valence-electron chi connectivity index (χ0n) is 16.8. The first-order chi connectivity index (χ1) is 13.1. The molecule has 1 aromatic heterocycles. The van der Waals surface area contributed by atoms with Gasteiger partial charge in [0.2, 0.25) is 5.91 Å². The Morgan fingerprint density at radius 1 is 1.07 bits per heavy atom. The lowest BCUT2D eigenvalue weighted by atomic mass is 9.83. The number of aromatic nitrogens is 1. The van der Waals surface area contributed by atoms with Crippen molar-refractivity contribution in [1.82, 2.24) is 24.6 Å². The maximum Gasteiger partial charge on any atom is 0.244 e. The first-order valence-electron chi connectivity index (χ1n) is 10.4. The highest BCUT2D eigenvalue weighted by Gasteiger charge is 2.44. The van der Waals surface area contributed by atoms with Crippen LogP contribution in [0.2, 0.25) is 0 Å². The lowest BCUT2D eigenvalue weighted by Crippen LogP contribution is -2.65. The Morgan fingerprint density at radius 3 is 2.48 bits per heavy atom. The van der Waals surface area contributed by atoms with E-state index in [1.54, 1.807) is 6.20 Å². The van der Waals surface area contributed by atoms with E-state index < -0.39 is 0 Å². The van der Waals surface area contributed by atoms with Gasteiger partial charge in [0.05, 0.1) is 0 Å². The highest BCUT2D eigenvalue weighted by molar-refractivity contribution is 5.83. The van der Waals surface area contributed by atoms with Crippen molar-refractivity contribution in [2.75, 3.05) is 59.9 Å². The molecule has 0 N–H and O–H groups in total. The molecule has 0 aliphatic carbocycles. The Balaban J connectivity index is 1.56. The minimum Gasteiger partial charge on any atom is -0.338 e. The summed E-state index contributed by atoms with van der Waals surface area (Å²) in [5, 5.41) is 0. The van der Waals surface area contributed by atoms with Crippen LogP contribution in [0, 0.1) is 0 Å². The van der Waals surface area contributed by atoms with E-state index in [1.165, 1.54) is 12.8 Å². The molecule has 3 aliphatic rings. The monoisotopic (exact) mass is 371 g/mol. The maximum atomic E-state index is 13.7. The minimum absolute atomic E-state index is 0.144. The predicted octanol–water partition coefficient (Wildman–Crippen LogP) is 1.46. The lowest BCUT2D eigenvalue weighted by molar-refractivity contribution is -0.143. The molecule has 1 atom stereocenters. The normalized spacial score (nSPS) is 25.8. The van der Waals surface area contributed by atoms with E-state index in [2.05, 4.69) is 44.7 Å². The molecular weight excluding hydrogens is 338 g/mol. The molecule has 3 fully saturated rings. The average Bonchev–Trinajstić information content (AvgIpc) is 3.21. The first kappa shape index (κ1) is 18.8. The number of nitrogens with zero attached hydrogens (tertiary/aromatic N) is 5. The van der Waals surface area contributed by atoms with Gasteiger partial charge in [-0.05, 0) is 77.6 Å². The second-order valence-corrected chi connectivity index (χ2v) is 8.64. The van der Waals surface area contributed by atoms with Crippen molar-refractivity contribution in [3.8, 4) is 0 Å². The Hall–Kier alpha value is -1.50. The van der Waals surface area contributed by atoms with E-state index in [0.717, 1.165) is 64.2 Å². The lowest BCUT2D eigenvalue weighted by Gasteiger charge is -2.53. The quantitative estimate of drug-likeness (QED) is 0.805. The van der Waals surface area contributed by atoms with Gasteiger partial charge in [0, 0.05) is 37.6 Å². The number of amides is 1. The first-order valence-corrected chi connectivity index (χ1v) is 10.4. The minimum atomic E-state index is -0.173. The van der Waals surface area contributed by atoms with Crippen LogP contribution < -0.4 is 0 Å². The molecule has 0 radical (unpaired) electrons. The molecule has 3 saturated heterocycles. The van der Waals surface area contributed by atoms with E-state index in [0.29, 0.717) is 0 Å². The van der Waals surface area contributed by atoms with Gasteiger partial charge >= 0.3 is 0 Å². The molecule has 4 heterocycles. The third-order valence-electron chi connectivity index (χ3n) is 6.97. The van der Waals surface area contributed by atoms with Gasteiger partial charge in [-0.3, -0.25) is 19.6 Å². The van der Waals surface area contributed by atoms with Crippen molar-refractivity contribution < 1.29 is 4.79 Å². The number of piperidine rings is 1. The van der Waals surface area contributed by atoms with E-state index in [-0.39, 0.29) is 17.5 Å². The Bertz CT molecular complexity index is 637. The number of carbonyl (C=O) groups excluding carboxylic acids is 1. The molecule has 1 aromatic rings. The molecular formula is C21H33N5O. The van der Waals surface area contributed by atoms with Crippen LogP contribution in [-0.2, 0) is 4.79 Å². The molecule has 6 nitrogen and oxygen atoms in total. The summed E-state index contributed by atoms with van der Waals surface area (Å²) < 4.78 is 0. The standard InChI is InChI=1S/C21H33N5O/c1-23-12-7-21(8-13-23)17-26(15-14-24(21)2)20(27)19(25-10-3-4-11-25)18-6-5-9-22-16-18/h5-6,9,16,19H,3-4,7-8,10-15,17H2,1-2H3/t19-/m0/s1. The fourth-order valence-electron chi connectivity index (χ4n) is 5.05. The van der Waals surface area contributed by atoms with Crippen LogP contribution in [0.25, 0.3) is 0 Å². The van der Waals surface area contributed by atoms with Crippen LogP contribution in [0.4, 0.5) is 0 Å². The molecule has 4 rings (SSSR count). The Labute approximate surface area is 163 Å². The van der Waals surface area contributed by atoms with Gasteiger partial charge in [-0.1, -0.05) is 6.07 Å². The van der Waals surface area contributed by atoms with Crippen LogP contribution in [0.5, 0.6) is 0 Å². The molecule has 27 heavy (non-hydrogen) atoms. The summed E-state index contributed by atoms with van der Waals surface area (Å²) in [5.74, 6) is 0.274. The molecule has 1 amide bonds. The van der Waals surface area contributed by atoms with Crippen molar-refractivity contribution in [1.29, 1.82) is 0 Å². The topological polar surface area (TPSA) is 42.9 Å². The number of hydrogen-bond donors (Lipinski definition) is 0. The number of pyridine rings is 1. The van der Waals surface area contributed by atoms with Crippen LogP contribution in [0.1, 0.15) is 37.3 Å². The van der Waals surface area contributed by atoms with Crippen LogP contribution in [0.3, 0.4) is 0 Å². The zero-order chi connectivity index (χ0) is 18.9. The number of piperazine rings is 1. The van der Waals surface area contributed by atoms with Crippen molar-refractivity contribution in [2.24, 2.45) is 0 Å². The summed E-state index contributed by atoms with van der Waals surface area (Å²) in [6.07, 6.45) is 8.32. The number of likely N-dealkylation sites (tertiary alicyclic amines) is 2. The highest BCUT2D eigenvalue weighted by atomic mass is 16.2. The molecule has 0 aromatic carbocycles. The summed E-state index contributed by atoms with van der Waals surface area (Å²) in [4.78, 5) is 27.4. The fourth-order valence-corrected chi connectivity index (χ4v) is 5.05. The summed E-state index contributed by atoms with van der Waals surface area (Å²) in [6.45, 7) is 6.91. The van der Waals surface area contributed by atoms with Gasteiger partial charge in [-0.2, -0.15) is 0 Å². The second kappa shape index (κ2) is 7.86. The molecule has 0 unspecified atom stereocenters. The van der Waals surface area contributed by atoms with Crippen LogP contribution >= 0.6 is 0 Å². The Morgan fingerprint density at radius 2 is 1.81 bits per heavy atom. The smallest absolute Gasteiger partial charge is 0.244 e. The summed E-state index contributed by atoms with van der Waals surface area (Å²) in [5.41, 5.74) is 1.19. The van der Waals surface area contributed by atoms with Crippen molar-refractivity contribution in [2.45, 2.75) is 37.3 Å². The van der Waals surface area contributed by atoms with Crippen molar-refractivity contribution in [3.63, 3.8) is 0 Å². The van der Waals surface area contributed by atoms with Crippen molar-refractivity contribution >= 4 is 5.91 Å². The third-order valence-corrected chi connectivity index (χ3v) is 6.97. The van der Waals surface area contributed by atoms with Crippen LogP contribution in [0.15, 0.2) is 24.5 Å². The molecule has 1 spiro atoms. The van der Waals surface area contributed by atoms with Gasteiger partial charge in [0.25, 0.3) is 0 Å². The van der Waals surface area contributed by atoms with Gasteiger partial charge in [0.15, 0.2) is 0 Å². The SMILES string of the molecule is CN1CCC2(CC1)CN(C(=O)[C@H](c1cccnc1)N1CCCC1)CCN2C. The van der Waals surface area contributed by atoms with Gasteiger partial charge in [-0.15, -0.1) is 0 Å². The van der Waals surface area contributed by atoms with Gasteiger partial charge in [-0.25, -0.2) is 0 Å². The van der Waals surface area contributed by atoms with Crippen LogP contribution in [-0.4, -0.2) is 95.9 Å². The third kappa shape index (κ3) is 3.75. The molecule has 6 heteroatoms. The van der Waals surface area contributed by atoms with E-state index >= 15 is 0 Å².